The molecule has 0 aromatic heterocycles. The van der Waals surface area contributed by atoms with Gasteiger partial charge in [0.05, 0.1) is 20.1 Å². The first-order chi connectivity index (χ1) is 13.9. The predicted molar refractivity (Wildman–Crippen MR) is 108 cm³/mol. The molecule has 0 unspecified atom stereocenters. The third kappa shape index (κ3) is 4.63. The van der Waals surface area contributed by atoms with E-state index in [0.29, 0.717) is 30.3 Å². The molecule has 0 radical (unpaired) electrons. The van der Waals surface area contributed by atoms with Crippen molar-refractivity contribution >= 4 is 23.4 Å². The van der Waals surface area contributed by atoms with Crippen LogP contribution in [0.3, 0.4) is 0 Å². The summed E-state index contributed by atoms with van der Waals surface area (Å²) >= 11 is 0. The predicted octanol–water partition coefficient (Wildman–Crippen LogP) is 1.89. The number of nitrogens with one attached hydrogen (secondary N) is 1. The lowest BCUT2D eigenvalue weighted by Gasteiger charge is -2.37. The van der Waals surface area contributed by atoms with Gasteiger partial charge in [0.25, 0.3) is 0 Å². The molecule has 29 heavy (non-hydrogen) atoms. The highest BCUT2D eigenvalue weighted by atomic mass is 16.5. The number of hydrogen-bond acceptors (Lipinski definition) is 5. The van der Waals surface area contributed by atoms with E-state index >= 15 is 0 Å². The average Bonchev–Trinajstić information content (AvgIpc) is 3.25. The third-order valence-electron chi connectivity index (χ3n) is 5.70. The Bertz CT molecular complexity index is 776. The van der Waals surface area contributed by atoms with Crippen molar-refractivity contribution in [2.45, 2.75) is 38.6 Å². The normalized spacial score (nSPS) is 18.7. The molecule has 1 saturated carbocycles. The molecule has 1 aromatic rings. The van der Waals surface area contributed by atoms with Gasteiger partial charge in [0, 0.05) is 37.4 Å². The molecule has 8 nitrogen and oxygen atoms in total. The summed E-state index contributed by atoms with van der Waals surface area (Å²) in [7, 11) is 3.07. The minimum Gasteiger partial charge on any atom is -0.493 e. The van der Waals surface area contributed by atoms with Crippen LogP contribution in [0.5, 0.6) is 11.5 Å². The average molecular weight is 403 g/mol. The van der Waals surface area contributed by atoms with Gasteiger partial charge in [-0.15, -0.1) is 0 Å². The molecule has 158 valence electrons. The van der Waals surface area contributed by atoms with Gasteiger partial charge in [-0.2, -0.15) is 0 Å². The summed E-state index contributed by atoms with van der Waals surface area (Å²) in [5.41, 5.74) is 0.577. The molecule has 1 atom stereocenters. The summed E-state index contributed by atoms with van der Waals surface area (Å²) in [5.74, 6) is -0.539. The number of carbonyl (C=O) groups is 3. The van der Waals surface area contributed by atoms with Gasteiger partial charge in [0.15, 0.2) is 11.5 Å². The number of anilines is 1. The first kappa shape index (κ1) is 21.0. The lowest BCUT2D eigenvalue weighted by molar-refractivity contribution is -0.158. The van der Waals surface area contributed by atoms with Crippen molar-refractivity contribution in [2.75, 3.05) is 39.2 Å². The van der Waals surface area contributed by atoms with E-state index < -0.39 is 17.7 Å². The quantitative estimate of drug-likeness (QED) is 0.703. The zero-order chi connectivity index (χ0) is 21.0. The molecule has 0 bridgehead atoms. The molecule has 1 aliphatic carbocycles. The molecule has 1 heterocycles. The lowest BCUT2D eigenvalue weighted by atomic mass is 10.1. The molecule has 1 saturated heterocycles. The number of carbonyl (C=O) groups excluding carboxylic acids is 3. The van der Waals surface area contributed by atoms with E-state index in [4.69, 9.17) is 9.47 Å². The second-order valence-corrected chi connectivity index (χ2v) is 7.65. The SMILES string of the molecule is COc1ccc(NC(=O)[C@H](C)CN2CCN(C3CCCC3)C(=O)C2=O)cc1OC. The summed E-state index contributed by atoms with van der Waals surface area (Å²) in [5, 5.41) is 2.83. The number of methoxy groups -OCH3 is 2. The van der Waals surface area contributed by atoms with E-state index in [1.165, 1.54) is 12.0 Å². The molecular weight excluding hydrogens is 374 g/mol. The maximum Gasteiger partial charge on any atom is 0.312 e. The van der Waals surface area contributed by atoms with Gasteiger partial charge in [0.1, 0.15) is 0 Å². The fraction of sp³-hybridized carbons (Fsp3) is 0.571. The largest absolute Gasteiger partial charge is 0.493 e. The van der Waals surface area contributed by atoms with Crippen LogP contribution in [0.1, 0.15) is 32.6 Å². The molecule has 3 rings (SSSR count). The van der Waals surface area contributed by atoms with Crippen molar-refractivity contribution in [1.82, 2.24) is 9.80 Å². The highest BCUT2D eigenvalue weighted by Crippen LogP contribution is 2.30. The Balaban J connectivity index is 1.57. The summed E-state index contributed by atoms with van der Waals surface area (Å²) in [6.45, 7) is 2.97. The molecule has 3 amide bonds. The minimum atomic E-state index is -0.506. The van der Waals surface area contributed by atoms with Gasteiger partial charge in [-0.3, -0.25) is 14.4 Å². The second-order valence-electron chi connectivity index (χ2n) is 7.65. The van der Waals surface area contributed by atoms with Crippen molar-refractivity contribution in [2.24, 2.45) is 5.92 Å². The molecule has 0 spiro atoms. The van der Waals surface area contributed by atoms with Gasteiger partial charge in [0.2, 0.25) is 5.91 Å². The topological polar surface area (TPSA) is 88.2 Å². The van der Waals surface area contributed by atoms with Crippen molar-refractivity contribution in [3.8, 4) is 11.5 Å². The molecule has 1 aromatic carbocycles. The molecule has 1 N–H and O–H groups in total. The van der Waals surface area contributed by atoms with E-state index in [2.05, 4.69) is 5.32 Å². The number of benzene rings is 1. The van der Waals surface area contributed by atoms with Gasteiger partial charge in [-0.25, -0.2) is 0 Å². The van der Waals surface area contributed by atoms with Crippen molar-refractivity contribution in [1.29, 1.82) is 0 Å². The summed E-state index contributed by atoms with van der Waals surface area (Å²) in [4.78, 5) is 40.8. The standard InChI is InChI=1S/C21H29N3O5/c1-14(19(25)22-15-8-9-17(28-2)18(12-15)29-3)13-23-10-11-24(21(27)20(23)26)16-6-4-5-7-16/h8-9,12,14,16H,4-7,10-11,13H2,1-3H3,(H,22,25)/t14-/m1/s1. The van der Waals surface area contributed by atoms with Crippen LogP contribution in [0.25, 0.3) is 0 Å². The monoisotopic (exact) mass is 403 g/mol. The molecule has 1 aliphatic heterocycles. The number of amides is 3. The van der Waals surface area contributed by atoms with Crippen LogP contribution in [-0.4, -0.2) is 67.4 Å². The number of piperazine rings is 1. The second kappa shape index (κ2) is 9.15. The van der Waals surface area contributed by atoms with E-state index in [1.807, 2.05) is 0 Å². The lowest BCUT2D eigenvalue weighted by Crippen LogP contribution is -2.57. The summed E-state index contributed by atoms with van der Waals surface area (Å²) in [6.07, 6.45) is 4.17. The minimum absolute atomic E-state index is 0.194. The van der Waals surface area contributed by atoms with Crippen molar-refractivity contribution in [3.05, 3.63) is 18.2 Å². The Morgan fingerprint density at radius 3 is 2.45 bits per heavy atom. The van der Waals surface area contributed by atoms with Gasteiger partial charge >= 0.3 is 11.8 Å². The number of rotatable bonds is 7. The maximum atomic E-state index is 12.6. The van der Waals surface area contributed by atoms with E-state index in [1.54, 1.807) is 37.1 Å². The number of ether oxygens (including phenoxy) is 2. The smallest absolute Gasteiger partial charge is 0.312 e. The zero-order valence-corrected chi connectivity index (χ0v) is 17.3. The Morgan fingerprint density at radius 2 is 1.79 bits per heavy atom. The molecule has 2 fully saturated rings. The fourth-order valence-corrected chi connectivity index (χ4v) is 4.02. The molecular formula is C21H29N3O5. The van der Waals surface area contributed by atoms with Gasteiger partial charge < -0.3 is 24.6 Å². The third-order valence-corrected chi connectivity index (χ3v) is 5.70. The summed E-state index contributed by atoms with van der Waals surface area (Å²) < 4.78 is 10.4. The zero-order valence-electron chi connectivity index (χ0n) is 17.3. The van der Waals surface area contributed by atoms with Crippen molar-refractivity contribution in [3.63, 3.8) is 0 Å². The van der Waals surface area contributed by atoms with E-state index in [0.717, 1.165) is 25.7 Å². The Labute approximate surface area is 171 Å². The number of hydrogen-bond donors (Lipinski definition) is 1. The molecule has 2 aliphatic rings. The van der Waals surface area contributed by atoms with Crippen LogP contribution in [-0.2, 0) is 14.4 Å². The summed E-state index contributed by atoms with van der Waals surface area (Å²) in [6, 6.07) is 5.31. The Morgan fingerprint density at radius 1 is 1.10 bits per heavy atom. The van der Waals surface area contributed by atoms with Crippen LogP contribution in [0.4, 0.5) is 5.69 Å². The molecule has 8 heteroatoms. The van der Waals surface area contributed by atoms with Crippen molar-refractivity contribution < 1.29 is 23.9 Å². The first-order valence-corrected chi connectivity index (χ1v) is 10.1. The number of nitrogens with zero attached hydrogens (tertiary/aromatic N) is 2. The fourth-order valence-electron chi connectivity index (χ4n) is 4.02. The Kier molecular flexibility index (Phi) is 6.61. The first-order valence-electron chi connectivity index (χ1n) is 10.1. The van der Waals surface area contributed by atoms with Gasteiger partial charge in [-0.1, -0.05) is 19.8 Å². The highest BCUT2D eigenvalue weighted by molar-refractivity contribution is 6.35. The van der Waals surface area contributed by atoms with E-state index in [9.17, 15) is 14.4 Å². The van der Waals surface area contributed by atoms with Crippen LogP contribution in [0, 0.1) is 5.92 Å². The Hall–Kier alpha value is -2.77. The maximum absolute atomic E-state index is 12.6. The van der Waals surface area contributed by atoms with E-state index in [-0.39, 0.29) is 18.5 Å². The van der Waals surface area contributed by atoms with Gasteiger partial charge in [-0.05, 0) is 25.0 Å². The van der Waals surface area contributed by atoms with Crippen LogP contribution in [0.15, 0.2) is 18.2 Å². The van der Waals surface area contributed by atoms with Crippen LogP contribution >= 0.6 is 0 Å². The van der Waals surface area contributed by atoms with Crippen LogP contribution < -0.4 is 14.8 Å². The highest BCUT2D eigenvalue weighted by Gasteiger charge is 2.38. The van der Waals surface area contributed by atoms with Crippen LogP contribution in [0.2, 0.25) is 0 Å².